The molecule has 0 aliphatic rings. The van der Waals surface area contributed by atoms with Crippen LogP contribution < -0.4 is 10.6 Å². The third-order valence-corrected chi connectivity index (χ3v) is 6.99. The van der Waals surface area contributed by atoms with Gasteiger partial charge in [0, 0.05) is 5.56 Å². The zero-order chi connectivity index (χ0) is 16.0. The van der Waals surface area contributed by atoms with E-state index >= 15 is 0 Å². The first-order valence-corrected chi connectivity index (χ1v) is 9.43. The zero-order valence-corrected chi connectivity index (χ0v) is 13.8. The lowest BCUT2D eigenvalue weighted by Crippen LogP contribution is -2.19. The molecule has 3 aromatic carbocycles. The summed E-state index contributed by atoms with van der Waals surface area (Å²) < 4.78 is 0. The van der Waals surface area contributed by atoms with Crippen molar-refractivity contribution in [3.8, 4) is 11.6 Å². The molecule has 0 aliphatic heterocycles. The smallest absolute Gasteiger partial charge is 0.0622 e. The van der Waals surface area contributed by atoms with Gasteiger partial charge in [-0.3, -0.25) is 0 Å². The lowest BCUT2D eigenvalue weighted by molar-refractivity contribution is 1.65. The first kappa shape index (κ1) is 15.3. The highest BCUT2D eigenvalue weighted by atomic mass is 31.2. The fraction of sp³-hybridized carbons (Fsp3) is 0. The minimum Gasteiger partial charge on any atom is -0.0622 e. The van der Waals surface area contributed by atoms with E-state index in [1.54, 1.807) is 0 Å². The van der Waals surface area contributed by atoms with Gasteiger partial charge in [0.1, 0.15) is 10.6 Å². The standard InChI is InChI=1S/C22H18P/c1-2-23(21-14-8-4-9-15-21,22-16-10-5-11-17-22)19-18-20-12-6-3-7-13-20/h2-17H,1H2/q+1. The highest BCUT2D eigenvalue weighted by Crippen LogP contribution is 2.56. The van der Waals surface area contributed by atoms with Crippen LogP contribution in [0.15, 0.2) is 103 Å². The van der Waals surface area contributed by atoms with Crippen LogP contribution in [0.1, 0.15) is 5.56 Å². The second-order valence-electron chi connectivity index (χ2n) is 5.18. The number of hydrogen-bond donors (Lipinski definition) is 0. The number of hydrogen-bond acceptors (Lipinski definition) is 0. The van der Waals surface area contributed by atoms with Gasteiger partial charge in [-0.25, -0.2) is 0 Å². The van der Waals surface area contributed by atoms with Gasteiger partial charge in [-0.15, -0.1) is 0 Å². The zero-order valence-electron chi connectivity index (χ0n) is 12.9. The second kappa shape index (κ2) is 7.10. The number of benzene rings is 3. The van der Waals surface area contributed by atoms with E-state index in [1.807, 2.05) is 48.3 Å². The summed E-state index contributed by atoms with van der Waals surface area (Å²) in [5.74, 6) is 5.41. The molecule has 0 bridgehead atoms. The quantitative estimate of drug-likeness (QED) is 0.481. The van der Waals surface area contributed by atoms with Crippen LogP contribution in [0.2, 0.25) is 0 Å². The Morgan fingerprint density at radius 3 is 1.52 bits per heavy atom. The maximum Gasteiger partial charge on any atom is 0.181 e. The molecule has 3 rings (SSSR count). The summed E-state index contributed by atoms with van der Waals surface area (Å²) >= 11 is 0. The van der Waals surface area contributed by atoms with Gasteiger partial charge in [-0.05, 0) is 42.3 Å². The van der Waals surface area contributed by atoms with Gasteiger partial charge >= 0.3 is 0 Å². The lowest BCUT2D eigenvalue weighted by Gasteiger charge is -2.16. The van der Waals surface area contributed by atoms with E-state index in [4.69, 9.17) is 0 Å². The van der Waals surface area contributed by atoms with E-state index in [-0.39, 0.29) is 0 Å². The molecule has 0 saturated heterocycles. The van der Waals surface area contributed by atoms with Crippen LogP contribution in [-0.2, 0) is 0 Å². The molecule has 0 atom stereocenters. The van der Waals surface area contributed by atoms with E-state index < -0.39 is 7.26 Å². The normalized spacial score (nSPS) is 10.4. The minimum absolute atomic E-state index is 1.03. The predicted octanol–water partition coefficient (Wildman–Crippen LogP) is 4.81. The molecule has 0 N–H and O–H groups in total. The van der Waals surface area contributed by atoms with Gasteiger partial charge in [0.05, 0.1) is 11.5 Å². The van der Waals surface area contributed by atoms with E-state index in [2.05, 4.69) is 66.7 Å². The molecule has 23 heavy (non-hydrogen) atoms. The monoisotopic (exact) mass is 313 g/mol. The Bertz CT molecular complexity index is 785. The molecule has 0 radical (unpaired) electrons. The molecular weight excluding hydrogens is 295 g/mol. The van der Waals surface area contributed by atoms with E-state index in [0.29, 0.717) is 0 Å². The average molecular weight is 313 g/mol. The Labute approximate surface area is 138 Å². The SMILES string of the molecule is C=C[P+](C#Cc1ccccc1)(c1ccccc1)c1ccccc1. The fourth-order valence-electron chi connectivity index (χ4n) is 2.54. The molecule has 0 aromatic heterocycles. The van der Waals surface area contributed by atoms with Crippen LogP contribution in [-0.4, -0.2) is 0 Å². The van der Waals surface area contributed by atoms with Crippen LogP contribution in [0.5, 0.6) is 0 Å². The van der Waals surface area contributed by atoms with E-state index in [9.17, 15) is 0 Å². The molecule has 0 amide bonds. The van der Waals surface area contributed by atoms with E-state index in [0.717, 1.165) is 5.56 Å². The van der Waals surface area contributed by atoms with Crippen molar-refractivity contribution in [1.82, 2.24) is 0 Å². The Morgan fingerprint density at radius 1 is 0.652 bits per heavy atom. The maximum atomic E-state index is 4.15. The summed E-state index contributed by atoms with van der Waals surface area (Å²) in [6.45, 7) is 4.15. The molecule has 0 unspecified atom stereocenters. The summed E-state index contributed by atoms with van der Waals surface area (Å²) in [6, 6.07) is 31.1. The summed E-state index contributed by atoms with van der Waals surface area (Å²) in [5, 5.41) is 2.48. The Hall–Kier alpha value is -2.61. The van der Waals surface area contributed by atoms with Crippen LogP contribution in [0, 0.1) is 11.6 Å². The molecule has 0 fully saturated rings. The maximum absolute atomic E-state index is 4.15. The summed E-state index contributed by atoms with van der Waals surface area (Å²) in [4.78, 5) is 0. The molecule has 0 spiro atoms. The first-order chi connectivity index (χ1) is 11.3. The van der Waals surface area contributed by atoms with Gasteiger partial charge in [0.2, 0.25) is 0 Å². The Kier molecular flexibility index (Phi) is 4.72. The molecule has 3 aromatic rings. The van der Waals surface area contributed by atoms with Gasteiger partial charge in [0.25, 0.3) is 0 Å². The van der Waals surface area contributed by atoms with Crippen LogP contribution in [0.4, 0.5) is 0 Å². The second-order valence-corrected chi connectivity index (χ2v) is 8.25. The van der Waals surface area contributed by atoms with Crippen molar-refractivity contribution in [1.29, 1.82) is 0 Å². The van der Waals surface area contributed by atoms with Gasteiger partial charge < -0.3 is 0 Å². The molecule has 0 heterocycles. The van der Waals surface area contributed by atoms with Crippen LogP contribution in [0.25, 0.3) is 0 Å². The first-order valence-electron chi connectivity index (χ1n) is 7.57. The third kappa shape index (κ3) is 3.26. The molecule has 110 valence electrons. The van der Waals surface area contributed by atoms with Crippen LogP contribution >= 0.6 is 7.26 Å². The van der Waals surface area contributed by atoms with Crippen molar-refractivity contribution < 1.29 is 0 Å². The molecular formula is C22H18P+. The predicted molar refractivity (Wildman–Crippen MR) is 103 cm³/mol. The molecule has 0 saturated carbocycles. The number of rotatable bonds is 3. The van der Waals surface area contributed by atoms with E-state index in [1.165, 1.54) is 10.6 Å². The summed E-state index contributed by atoms with van der Waals surface area (Å²) in [6.07, 6.45) is 0. The van der Waals surface area contributed by atoms with Crippen molar-refractivity contribution in [2.45, 2.75) is 0 Å². The van der Waals surface area contributed by atoms with Crippen LogP contribution in [0.3, 0.4) is 0 Å². The van der Waals surface area contributed by atoms with Crippen molar-refractivity contribution in [3.63, 3.8) is 0 Å². The molecule has 1 heteroatoms. The van der Waals surface area contributed by atoms with Crippen molar-refractivity contribution in [2.75, 3.05) is 0 Å². The minimum atomic E-state index is -1.94. The third-order valence-electron chi connectivity index (χ3n) is 3.75. The van der Waals surface area contributed by atoms with Gasteiger partial charge in [-0.2, -0.15) is 0 Å². The average Bonchev–Trinajstić information content (AvgIpc) is 2.65. The highest BCUT2D eigenvalue weighted by molar-refractivity contribution is 7.96. The summed E-state index contributed by atoms with van der Waals surface area (Å²) in [5.41, 5.74) is 4.61. The highest BCUT2D eigenvalue weighted by Gasteiger charge is 2.39. The molecule has 0 aliphatic carbocycles. The topological polar surface area (TPSA) is 0 Å². The van der Waals surface area contributed by atoms with Gasteiger partial charge in [-0.1, -0.05) is 61.2 Å². The van der Waals surface area contributed by atoms with Crippen molar-refractivity contribution in [3.05, 3.63) is 109 Å². The largest absolute Gasteiger partial charge is 0.181 e. The van der Waals surface area contributed by atoms with Crippen molar-refractivity contribution in [2.24, 2.45) is 0 Å². The van der Waals surface area contributed by atoms with Crippen molar-refractivity contribution >= 4 is 17.9 Å². The Balaban J connectivity index is 2.18. The molecule has 0 nitrogen and oxygen atoms in total. The summed E-state index contributed by atoms with van der Waals surface area (Å²) in [7, 11) is -1.94. The Morgan fingerprint density at radius 2 is 1.09 bits per heavy atom. The lowest BCUT2D eigenvalue weighted by atomic mass is 10.2. The fourth-order valence-corrected chi connectivity index (χ4v) is 5.19. The van der Waals surface area contributed by atoms with Gasteiger partial charge in [0.15, 0.2) is 7.26 Å².